The van der Waals surface area contributed by atoms with Crippen LogP contribution in [0.15, 0.2) is 30.3 Å². The van der Waals surface area contributed by atoms with Gasteiger partial charge in [0.2, 0.25) is 0 Å². The van der Waals surface area contributed by atoms with Crippen molar-refractivity contribution >= 4 is 11.8 Å². The van der Waals surface area contributed by atoms with Crippen LogP contribution in [0.4, 0.5) is 0 Å². The van der Waals surface area contributed by atoms with E-state index in [0.29, 0.717) is 0 Å². The van der Waals surface area contributed by atoms with Crippen molar-refractivity contribution in [1.29, 1.82) is 0 Å². The van der Waals surface area contributed by atoms with E-state index < -0.39 is 0 Å². The van der Waals surface area contributed by atoms with E-state index in [-0.39, 0.29) is 11.1 Å². The predicted octanol–water partition coefficient (Wildman–Crippen LogP) is 2.33. The first-order valence-electron chi connectivity index (χ1n) is 5.70. The van der Waals surface area contributed by atoms with E-state index in [0.717, 1.165) is 18.7 Å². The molecule has 1 atom stereocenters. The van der Waals surface area contributed by atoms with Gasteiger partial charge in [0.05, 0.1) is 0 Å². The summed E-state index contributed by atoms with van der Waals surface area (Å²) in [6.45, 7) is 5.31. The van der Waals surface area contributed by atoms with Gasteiger partial charge in [0.1, 0.15) is 0 Å². The zero-order chi connectivity index (χ0) is 11.6. The summed E-state index contributed by atoms with van der Waals surface area (Å²) < 4.78 is 0. The van der Waals surface area contributed by atoms with Crippen molar-refractivity contribution in [2.24, 2.45) is 0 Å². The summed E-state index contributed by atoms with van der Waals surface area (Å²) in [4.78, 5) is 2.19. The van der Waals surface area contributed by atoms with Gasteiger partial charge in [-0.3, -0.25) is 4.90 Å². The molecular formula is C13H19NOS. The highest BCUT2D eigenvalue weighted by molar-refractivity contribution is 8.00. The van der Waals surface area contributed by atoms with Crippen LogP contribution in [0.5, 0.6) is 0 Å². The summed E-state index contributed by atoms with van der Waals surface area (Å²) in [7, 11) is 0. The molecule has 1 aromatic carbocycles. The Labute approximate surface area is 102 Å². The quantitative estimate of drug-likeness (QED) is 0.873. The molecule has 1 fully saturated rings. The van der Waals surface area contributed by atoms with Crippen molar-refractivity contribution < 1.29 is 5.11 Å². The smallest absolute Gasteiger partial charge is 0.156 e. The van der Waals surface area contributed by atoms with E-state index in [1.165, 1.54) is 5.56 Å². The van der Waals surface area contributed by atoms with Crippen molar-refractivity contribution in [3.05, 3.63) is 35.9 Å². The fourth-order valence-corrected chi connectivity index (χ4v) is 3.35. The van der Waals surface area contributed by atoms with Crippen LogP contribution in [0.3, 0.4) is 0 Å². The minimum absolute atomic E-state index is 0.110. The molecule has 16 heavy (non-hydrogen) atoms. The lowest BCUT2D eigenvalue weighted by atomic mass is 10.1. The molecule has 1 aliphatic rings. The lowest BCUT2D eigenvalue weighted by Gasteiger charge is -2.32. The lowest BCUT2D eigenvalue weighted by molar-refractivity contribution is 0.0262. The number of rotatable bonds is 3. The van der Waals surface area contributed by atoms with Crippen LogP contribution in [-0.2, 0) is 6.42 Å². The van der Waals surface area contributed by atoms with Crippen LogP contribution >= 0.6 is 11.8 Å². The molecule has 0 aliphatic carbocycles. The highest BCUT2D eigenvalue weighted by Gasteiger charge is 2.38. The van der Waals surface area contributed by atoms with E-state index in [4.69, 9.17) is 0 Å². The molecule has 3 heteroatoms. The Bertz CT molecular complexity index is 339. The number of nitrogens with zero attached hydrogens (tertiary/aromatic N) is 1. The molecule has 0 radical (unpaired) electrons. The first-order chi connectivity index (χ1) is 7.59. The third-order valence-corrected chi connectivity index (χ3v) is 4.54. The van der Waals surface area contributed by atoms with E-state index >= 15 is 0 Å². The standard InChI is InChI=1S/C13H19NOS/c1-13(2)10-16-12(15)14(13)9-8-11-6-4-3-5-7-11/h3-7,12,15H,8-10H2,1-2H3. The molecule has 0 amide bonds. The topological polar surface area (TPSA) is 23.5 Å². The van der Waals surface area contributed by atoms with E-state index in [2.05, 4.69) is 43.0 Å². The second kappa shape index (κ2) is 4.78. The summed E-state index contributed by atoms with van der Waals surface area (Å²) in [5, 5.41) is 9.89. The third kappa shape index (κ3) is 2.59. The number of aliphatic hydroxyl groups excluding tert-OH is 1. The van der Waals surface area contributed by atoms with Gasteiger partial charge in [-0.2, -0.15) is 0 Å². The number of aliphatic hydroxyl groups is 1. The van der Waals surface area contributed by atoms with Gasteiger partial charge in [0, 0.05) is 17.8 Å². The molecule has 2 nitrogen and oxygen atoms in total. The lowest BCUT2D eigenvalue weighted by Crippen LogP contribution is -2.45. The second-order valence-electron chi connectivity index (χ2n) is 4.88. The zero-order valence-corrected chi connectivity index (χ0v) is 10.7. The van der Waals surface area contributed by atoms with Gasteiger partial charge in [-0.15, -0.1) is 11.8 Å². The minimum atomic E-state index is -0.335. The number of thioether (sulfide) groups is 1. The Morgan fingerprint density at radius 2 is 2.06 bits per heavy atom. The number of hydrogen-bond acceptors (Lipinski definition) is 3. The molecule has 1 aromatic rings. The van der Waals surface area contributed by atoms with Gasteiger partial charge in [-0.1, -0.05) is 30.3 Å². The molecule has 2 rings (SSSR count). The van der Waals surface area contributed by atoms with Gasteiger partial charge in [-0.25, -0.2) is 0 Å². The van der Waals surface area contributed by atoms with Gasteiger partial charge in [-0.05, 0) is 25.8 Å². The fraction of sp³-hybridized carbons (Fsp3) is 0.538. The molecular weight excluding hydrogens is 218 g/mol. The Balaban J connectivity index is 1.95. The summed E-state index contributed by atoms with van der Waals surface area (Å²) >= 11 is 1.63. The fourth-order valence-electron chi connectivity index (χ4n) is 2.06. The first-order valence-corrected chi connectivity index (χ1v) is 6.75. The molecule has 0 saturated carbocycles. The molecule has 1 unspecified atom stereocenters. The number of benzene rings is 1. The highest BCUT2D eigenvalue weighted by Crippen LogP contribution is 2.34. The largest absolute Gasteiger partial charge is 0.369 e. The van der Waals surface area contributed by atoms with E-state index in [1.807, 2.05) is 6.07 Å². The summed E-state index contributed by atoms with van der Waals surface area (Å²) in [5.41, 5.74) is 1.11. The van der Waals surface area contributed by atoms with E-state index in [1.54, 1.807) is 11.8 Å². The third-order valence-electron chi connectivity index (χ3n) is 3.11. The van der Waals surface area contributed by atoms with Crippen LogP contribution in [0.25, 0.3) is 0 Å². The molecule has 1 heterocycles. The average molecular weight is 237 g/mol. The summed E-state index contributed by atoms with van der Waals surface area (Å²) in [5.74, 6) is 1.00. The Morgan fingerprint density at radius 1 is 1.38 bits per heavy atom. The van der Waals surface area contributed by atoms with Crippen molar-refractivity contribution in [3.8, 4) is 0 Å². The molecule has 0 bridgehead atoms. The van der Waals surface area contributed by atoms with E-state index in [9.17, 15) is 5.11 Å². The molecule has 1 aliphatic heterocycles. The van der Waals surface area contributed by atoms with Crippen LogP contribution in [0, 0.1) is 0 Å². The van der Waals surface area contributed by atoms with Crippen molar-refractivity contribution in [2.45, 2.75) is 31.4 Å². The van der Waals surface area contributed by atoms with Crippen LogP contribution in [-0.4, -0.2) is 33.4 Å². The Morgan fingerprint density at radius 3 is 2.62 bits per heavy atom. The molecule has 1 N–H and O–H groups in total. The van der Waals surface area contributed by atoms with Gasteiger partial charge < -0.3 is 5.11 Å². The zero-order valence-electron chi connectivity index (χ0n) is 9.89. The first kappa shape index (κ1) is 12.0. The summed E-state index contributed by atoms with van der Waals surface area (Å²) in [6, 6.07) is 10.4. The molecule has 88 valence electrons. The average Bonchev–Trinajstić information content (AvgIpc) is 2.52. The predicted molar refractivity (Wildman–Crippen MR) is 69.4 cm³/mol. The summed E-state index contributed by atoms with van der Waals surface area (Å²) in [6.07, 6.45) is 1.00. The van der Waals surface area contributed by atoms with Gasteiger partial charge in [0.25, 0.3) is 0 Å². The molecule has 1 saturated heterocycles. The molecule has 0 aromatic heterocycles. The van der Waals surface area contributed by atoms with Crippen molar-refractivity contribution in [3.63, 3.8) is 0 Å². The van der Waals surface area contributed by atoms with Crippen LogP contribution in [0.2, 0.25) is 0 Å². The van der Waals surface area contributed by atoms with Gasteiger partial charge in [0.15, 0.2) is 5.56 Å². The second-order valence-corrected chi connectivity index (χ2v) is 5.92. The van der Waals surface area contributed by atoms with Crippen LogP contribution < -0.4 is 0 Å². The maximum Gasteiger partial charge on any atom is 0.156 e. The minimum Gasteiger partial charge on any atom is -0.369 e. The monoisotopic (exact) mass is 237 g/mol. The highest BCUT2D eigenvalue weighted by atomic mass is 32.2. The normalized spacial score (nSPS) is 24.8. The van der Waals surface area contributed by atoms with Gasteiger partial charge >= 0.3 is 0 Å². The maximum atomic E-state index is 9.89. The maximum absolute atomic E-state index is 9.89. The number of hydrogen-bond donors (Lipinski definition) is 1. The molecule has 0 spiro atoms. The SMILES string of the molecule is CC1(C)CSC(O)N1CCc1ccccc1. The van der Waals surface area contributed by atoms with Crippen LogP contribution in [0.1, 0.15) is 19.4 Å². The van der Waals surface area contributed by atoms with Crippen molar-refractivity contribution in [1.82, 2.24) is 4.90 Å². The van der Waals surface area contributed by atoms with Crippen molar-refractivity contribution in [2.75, 3.05) is 12.3 Å². The Hall–Kier alpha value is -0.510. The Kier molecular flexibility index (Phi) is 3.57.